The van der Waals surface area contributed by atoms with Gasteiger partial charge >= 0.3 is 6.36 Å². The van der Waals surface area contributed by atoms with Crippen LogP contribution in [0.1, 0.15) is 17.4 Å². The number of aryl methyl sites for hydroxylation is 1. The Morgan fingerprint density at radius 1 is 1.14 bits per heavy atom. The number of aromatic nitrogens is 3. The average Bonchev–Trinajstić information content (AvgIpc) is 3.05. The number of hydrogen-bond acceptors (Lipinski definition) is 5. The molecule has 1 atom stereocenters. The van der Waals surface area contributed by atoms with Crippen molar-refractivity contribution in [2.75, 3.05) is 11.9 Å². The lowest BCUT2D eigenvalue weighted by atomic mass is 10.1. The highest BCUT2D eigenvalue weighted by atomic mass is 19.4. The minimum absolute atomic E-state index is 0.125. The molecule has 6 nitrogen and oxygen atoms in total. The van der Waals surface area contributed by atoms with Crippen molar-refractivity contribution < 1.29 is 23.0 Å². The van der Waals surface area contributed by atoms with Gasteiger partial charge in [-0.3, -0.25) is 0 Å². The molecule has 0 bridgehead atoms. The molecule has 0 aliphatic rings. The summed E-state index contributed by atoms with van der Waals surface area (Å²) in [5.74, 6) is 0.250. The van der Waals surface area contributed by atoms with E-state index in [0.29, 0.717) is 17.0 Å². The van der Waals surface area contributed by atoms with Crippen molar-refractivity contribution >= 4 is 22.4 Å². The third kappa shape index (κ3) is 4.09. The summed E-state index contributed by atoms with van der Waals surface area (Å²) < 4.78 is 42.4. The Balaban J connectivity index is 1.54. The minimum atomic E-state index is -4.75. The van der Waals surface area contributed by atoms with Crippen LogP contribution in [0.5, 0.6) is 5.75 Å². The molecule has 2 N–H and O–H groups in total. The summed E-state index contributed by atoms with van der Waals surface area (Å²) in [5, 5.41) is 18.8. The minimum Gasteiger partial charge on any atom is -0.406 e. The Labute approximate surface area is 163 Å². The van der Waals surface area contributed by atoms with E-state index in [1.807, 2.05) is 37.3 Å². The van der Waals surface area contributed by atoms with E-state index in [4.69, 9.17) is 0 Å². The monoisotopic (exact) mass is 402 g/mol. The fourth-order valence-corrected chi connectivity index (χ4v) is 3.11. The second-order valence-corrected chi connectivity index (χ2v) is 6.55. The van der Waals surface area contributed by atoms with Gasteiger partial charge in [-0.1, -0.05) is 24.3 Å². The highest BCUT2D eigenvalue weighted by Crippen LogP contribution is 2.26. The molecule has 0 radical (unpaired) electrons. The number of alkyl halides is 3. The smallest absolute Gasteiger partial charge is 0.406 e. The van der Waals surface area contributed by atoms with Crippen molar-refractivity contribution in [3.63, 3.8) is 0 Å². The highest BCUT2D eigenvalue weighted by Gasteiger charge is 2.31. The van der Waals surface area contributed by atoms with Crippen LogP contribution in [0.4, 0.5) is 19.0 Å². The normalized spacial score (nSPS) is 13.0. The quantitative estimate of drug-likeness (QED) is 0.523. The molecule has 0 aliphatic heterocycles. The van der Waals surface area contributed by atoms with E-state index in [-0.39, 0.29) is 12.3 Å². The molecule has 29 heavy (non-hydrogen) atoms. The topological polar surface area (TPSA) is 71.7 Å². The maximum absolute atomic E-state index is 12.3. The number of anilines is 1. The third-order valence-corrected chi connectivity index (χ3v) is 4.39. The number of rotatable bonds is 5. The Morgan fingerprint density at radius 3 is 2.59 bits per heavy atom. The molecule has 0 fully saturated rings. The molecule has 9 heteroatoms. The molecular formula is C20H17F3N4O2. The number of nitrogens with zero attached hydrogens (tertiary/aromatic N) is 3. The van der Waals surface area contributed by atoms with E-state index in [1.54, 1.807) is 4.52 Å². The van der Waals surface area contributed by atoms with Crippen molar-refractivity contribution in [1.82, 2.24) is 14.6 Å². The molecule has 0 saturated carbocycles. The zero-order valence-corrected chi connectivity index (χ0v) is 15.3. The molecule has 1 unspecified atom stereocenters. The Morgan fingerprint density at radius 2 is 1.86 bits per heavy atom. The number of aliphatic hydroxyl groups excluding tert-OH is 1. The van der Waals surface area contributed by atoms with Crippen molar-refractivity contribution in [1.29, 1.82) is 0 Å². The van der Waals surface area contributed by atoms with Gasteiger partial charge < -0.3 is 15.2 Å². The second-order valence-electron chi connectivity index (χ2n) is 6.55. The van der Waals surface area contributed by atoms with Crippen molar-refractivity contribution in [3.8, 4) is 5.75 Å². The maximum atomic E-state index is 12.3. The van der Waals surface area contributed by atoms with Crippen LogP contribution in [0, 0.1) is 6.92 Å². The van der Waals surface area contributed by atoms with Crippen LogP contribution in [0.3, 0.4) is 0 Å². The molecule has 150 valence electrons. The van der Waals surface area contributed by atoms with Crippen LogP contribution in [0.2, 0.25) is 0 Å². The molecule has 0 saturated heterocycles. The lowest BCUT2D eigenvalue weighted by Crippen LogP contribution is -2.17. The molecule has 0 spiro atoms. The summed E-state index contributed by atoms with van der Waals surface area (Å²) in [6.07, 6.45) is -5.70. The predicted octanol–water partition coefficient (Wildman–Crippen LogP) is 4.24. The van der Waals surface area contributed by atoms with Gasteiger partial charge in [-0.25, -0.2) is 9.50 Å². The van der Waals surface area contributed by atoms with Crippen LogP contribution >= 0.6 is 0 Å². The number of nitrogens with one attached hydrogen (secondary N) is 1. The lowest BCUT2D eigenvalue weighted by molar-refractivity contribution is -0.274. The van der Waals surface area contributed by atoms with Crippen LogP contribution in [0.15, 0.2) is 54.6 Å². The number of fused-ring (bicyclic) bond motifs is 3. The van der Waals surface area contributed by atoms with Gasteiger partial charge in [0.2, 0.25) is 0 Å². The second kappa shape index (κ2) is 7.25. The number of benzene rings is 2. The van der Waals surface area contributed by atoms with E-state index >= 15 is 0 Å². The van der Waals surface area contributed by atoms with Gasteiger partial charge in [-0.15, -0.1) is 13.2 Å². The number of hydrogen-bond donors (Lipinski definition) is 2. The number of para-hydroxylation sites is 1. The maximum Gasteiger partial charge on any atom is 0.573 e. The summed E-state index contributed by atoms with van der Waals surface area (Å²) in [4.78, 5) is 4.58. The molecule has 4 aromatic rings. The number of aliphatic hydroxyl groups is 1. The summed E-state index contributed by atoms with van der Waals surface area (Å²) in [7, 11) is 0. The molecule has 2 aromatic carbocycles. The summed E-state index contributed by atoms with van der Waals surface area (Å²) in [5.41, 5.74) is 2.83. The van der Waals surface area contributed by atoms with E-state index in [9.17, 15) is 18.3 Å². The largest absolute Gasteiger partial charge is 0.573 e. The lowest BCUT2D eigenvalue weighted by Gasteiger charge is -2.15. The molecule has 2 heterocycles. The van der Waals surface area contributed by atoms with Crippen LogP contribution in [-0.4, -0.2) is 32.6 Å². The van der Waals surface area contributed by atoms with Crippen LogP contribution in [0.25, 0.3) is 16.6 Å². The fraction of sp³-hybridized carbons (Fsp3) is 0.200. The standard InChI is InChI=1S/C20H17F3N4O2/c1-12-10-18-25-19(15-4-2-3-5-16(15)27(18)26-12)24-11-17(28)13-6-8-14(9-7-13)29-20(21,22)23/h2-10,17,28H,11H2,1H3,(H,24,25). The van der Waals surface area contributed by atoms with Gasteiger partial charge in [0.25, 0.3) is 0 Å². The first-order valence-corrected chi connectivity index (χ1v) is 8.83. The molecule has 4 rings (SSSR count). The Bertz CT molecular complexity index is 1160. The molecular weight excluding hydrogens is 385 g/mol. The highest BCUT2D eigenvalue weighted by molar-refractivity contribution is 5.91. The summed E-state index contributed by atoms with van der Waals surface area (Å²) in [6, 6.07) is 14.6. The zero-order chi connectivity index (χ0) is 20.6. The molecule has 0 amide bonds. The van der Waals surface area contributed by atoms with Gasteiger partial charge in [-0.05, 0) is 36.8 Å². The average molecular weight is 402 g/mol. The van der Waals surface area contributed by atoms with Gasteiger partial charge in [0, 0.05) is 18.0 Å². The first-order chi connectivity index (χ1) is 13.8. The molecule has 0 aliphatic carbocycles. The van der Waals surface area contributed by atoms with E-state index < -0.39 is 12.5 Å². The van der Waals surface area contributed by atoms with Crippen molar-refractivity contribution in [2.45, 2.75) is 19.4 Å². The Kier molecular flexibility index (Phi) is 4.75. The van der Waals surface area contributed by atoms with Crippen LogP contribution in [-0.2, 0) is 0 Å². The molecule has 2 aromatic heterocycles. The summed E-state index contributed by atoms with van der Waals surface area (Å²) in [6.45, 7) is 2.01. The van der Waals surface area contributed by atoms with E-state index in [0.717, 1.165) is 16.6 Å². The number of halogens is 3. The zero-order valence-electron chi connectivity index (χ0n) is 15.3. The van der Waals surface area contributed by atoms with Gasteiger partial charge in [0.15, 0.2) is 5.65 Å². The SMILES string of the molecule is Cc1cc2nc(NCC(O)c3ccc(OC(F)(F)F)cc3)c3ccccc3n2n1. The van der Waals surface area contributed by atoms with Crippen LogP contribution < -0.4 is 10.1 Å². The van der Waals surface area contributed by atoms with Gasteiger partial charge in [0.1, 0.15) is 11.6 Å². The van der Waals surface area contributed by atoms with E-state index in [2.05, 4.69) is 20.1 Å². The van der Waals surface area contributed by atoms with Crippen molar-refractivity contribution in [2.24, 2.45) is 0 Å². The van der Waals surface area contributed by atoms with Gasteiger partial charge in [-0.2, -0.15) is 5.10 Å². The fourth-order valence-electron chi connectivity index (χ4n) is 3.11. The summed E-state index contributed by atoms with van der Waals surface area (Å²) >= 11 is 0. The predicted molar refractivity (Wildman–Crippen MR) is 102 cm³/mol. The number of ether oxygens (including phenoxy) is 1. The third-order valence-electron chi connectivity index (χ3n) is 4.39. The van der Waals surface area contributed by atoms with E-state index in [1.165, 1.54) is 24.3 Å². The Hall–Kier alpha value is -3.33. The first-order valence-electron chi connectivity index (χ1n) is 8.83. The van der Waals surface area contributed by atoms with Crippen molar-refractivity contribution in [3.05, 3.63) is 65.9 Å². The van der Waals surface area contributed by atoms with Gasteiger partial charge in [0.05, 0.1) is 17.3 Å². The first kappa shape index (κ1) is 19.0.